The van der Waals surface area contributed by atoms with E-state index in [-0.39, 0.29) is 5.82 Å². The third kappa shape index (κ3) is 3.57. The van der Waals surface area contributed by atoms with Gasteiger partial charge in [0, 0.05) is 16.5 Å². The van der Waals surface area contributed by atoms with Gasteiger partial charge in [-0.3, -0.25) is 0 Å². The molecule has 1 unspecified atom stereocenters. The van der Waals surface area contributed by atoms with E-state index in [0.29, 0.717) is 16.7 Å². The van der Waals surface area contributed by atoms with Gasteiger partial charge in [-0.15, -0.1) is 23.4 Å². The van der Waals surface area contributed by atoms with Gasteiger partial charge in [0.15, 0.2) is 0 Å². The Labute approximate surface area is 87.5 Å². The third-order valence-corrected chi connectivity index (χ3v) is 3.53. The summed E-state index contributed by atoms with van der Waals surface area (Å²) in [5, 5.41) is 0. The standard InChI is InChI=1S/C10H12ClFS/c1-8(6-11)7-13-10-5-3-2-4-9(10)12/h2-5,8H,6-7H2,1H3. The molecule has 0 saturated heterocycles. The van der Waals surface area contributed by atoms with Crippen LogP contribution in [-0.2, 0) is 0 Å². The first kappa shape index (κ1) is 10.9. The molecule has 0 saturated carbocycles. The van der Waals surface area contributed by atoms with E-state index in [4.69, 9.17) is 11.6 Å². The minimum atomic E-state index is -0.144. The van der Waals surface area contributed by atoms with Crippen LogP contribution >= 0.6 is 23.4 Å². The Kier molecular flexibility index (Phi) is 4.60. The molecule has 0 amide bonds. The van der Waals surface area contributed by atoms with Gasteiger partial charge in [-0.05, 0) is 18.1 Å². The molecule has 13 heavy (non-hydrogen) atoms. The molecule has 72 valence electrons. The first-order valence-electron chi connectivity index (χ1n) is 4.17. The van der Waals surface area contributed by atoms with Gasteiger partial charge >= 0.3 is 0 Å². The van der Waals surface area contributed by atoms with Crippen molar-refractivity contribution in [2.75, 3.05) is 11.6 Å². The molecule has 0 spiro atoms. The Hall–Kier alpha value is -0.210. The lowest BCUT2D eigenvalue weighted by atomic mass is 10.3. The number of thioether (sulfide) groups is 1. The van der Waals surface area contributed by atoms with Gasteiger partial charge in [-0.25, -0.2) is 4.39 Å². The van der Waals surface area contributed by atoms with Crippen LogP contribution in [0.2, 0.25) is 0 Å². The van der Waals surface area contributed by atoms with E-state index in [9.17, 15) is 4.39 Å². The average molecular weight is 219 g/mol. The van der Waals surface area contributed by atoms with Gasteiger partial charge < -0.3 is 0 Å². The zero-order valence-electron chi connectivity index (χ0n) is 7.47. The molecule has 1 rings (SSSR count). The van der Waals surface area contributed by atoms with Gasteiger partial charge in [0.1, 0.15) is 5.82 Å². The van der Waals surface area contributed by atoms with E-state index in [0.717, 1.165) is 5.75 Å². The van der Waals surface area contributed by atoms with Gasteiger partial charge in [0.2, 0.25) is 0 Å². The number of alkyl halides is 1. The molecular formula is C10H12ClFS. The smallest absolute Gasteiger partial charge is 0.136 e. The van der Waals surface area contributed by atoms with Crippen molar-refractivity contribution in [3.05, 3.63) is 30.1 Å². The van der Waals surface area contributed by atoms with Crippen molar-refractivity contribution in [1.29, 1.82) is 0 Å². The van der Waals surface area contributed by atoms with Crippen LogP contribution in [0.5, 0.6) is 0 Å². The largest absolute Gasteiger partial charge is 0.206 e. The highest BCUT2D eigenvalue weighted by atomic mass is 35.5. The van der Waals surface area contributed by atoms with Crippen molar-refractivity contribution >= 4 is 23.4 Å². The van der Waals surface area contributed by atoms with Crippen LogP contribution in [-0.4, -0.2) is 11.6 Å². The average Bonchev–Trinajstić information content (AvgIpc) is 2.16. The van der Waals surface area contributed by atoms with E-state index in [1.54, 1.807) is 12.1 Å². The summed E-state index contributed by atoms with van der Waals surface area (Å²) >= 11 is 7.17. The number of hydrogen-bond donors (Lipinski definition) is 0. The van der Waals surface area contributed by atoms with Crippen molar-refractivity contribution in [3.63, 3.8) is 0 Å². The van der Waals surface area contributed by atoms with Crippen LogP contribution in [0.3, 0.4) is 0 Å². The summed E-state index contributed by atoms with van der Waals surface area (Å²) in [6.07, 6.45) is 0. The molecular weight excluding hydrogens is 207 g/mol. The minimum absolute atomic E-state index is 0.144. The lowest BCUT2D eigenvalue weighted by molar-refractivity contribution is 0.601. The molecule has 0 aromatic heterocycles. The summed E-state index contributed by atoms with van der Waals surface area (Å²) in [4.78, 5) is 0.708. The maximum absolute atomic E-state index is 13.1. The van der Waals surface area contributed by atoms with Gasteiger partial charge in [-0.2, -0.15) is 0 Å². The SMILES string of the molecule is CC(CCl)CSc1ccccc1F. The molecule has 0 radical (unpaired) electrons. The molecule has 0 N–H and O–H groups in total. The molecule has 0 heterocycles. The summed E-state index contributed by atoms with van der Waals surface area (Å²) in [5.41, 5.74) is 0. The lowest BCUT2D eigenvalue weighted by Gasteiger charge is -2.06. The van der Waals surface area contributed by atoms with Crippen LogP contribution < -0.4 is 0 Å². The van der Waals surface area contributed by atoms with Crippen molar-refractivity contribution < 1.29 is 4.39 Å². The maximum atomic E-state index is 13.1. The Morgan fingerprint density at radius 1 is 1.46 bits per heavy atom. The van der Waals surface area contributed by atoms with Crippen molar-refractivity contribution in [3.8, 4) is 0 Å². The van der Waals surface area contributed by atoms with Crippen LogP contribution in [0.1, 0.15) is 6.92 Å². The molecule has 0 bridgehead atoms. The molecule has 0 fully saturated rings. The third-order valence-electron chi connectivity index (χ3n) is 1.62. The quantitative estimate of drug-likeness (QED) is 0.547. The molecule has 0 aliphatic heterocycles. The van der Waals surface area contributed by atoms with E-state index >= 15 is 0 Å². The second-order valence-corrected chi connectivity index (χ2v) is 4.37. The number of rotatable bonds is 4. The van der Waals surface area contributed by atoms with Gasteiger partial charge in [0.25, 0.3) is 0 Å². The normalized spacial score (nSPS) is 12.8. The number of hydrogen-bond acceptors (Lipinski definition) is 1. The number of benzene rings is 1. The van der Waals surface area contributed by atoms with E-state index in [1.165, 1.54) is 17.8 Å². The van der Waals surface area contributed by atoms with E-state index < -0.39 is 0 Å². The highest BCUT2D eigenvalue weighted by molar-refractivity contribution is 7.99. The van der Waals surface area contributed by atoms with E-state index in [2.05, 4.69) is 6.92 Å². The van der Waals surface area contributed by atoms with Crippen molar-refractivity contribution in [2.45, 2.75) is 11.8 Å². The first-order valence-corrected chi connectivity index (χ1v) is 5.69. The molecule has 0 nitrogen and oxygen atoms in total. The van der Waals surface area contributed by atoms with Crippen LogP contribution in [0, 0.1) is 11.7 Å². The Morgan fingerprint density at radius 3 is 2.77 bits per heavy atom. The molecule has 3 heteroatoms. The lowest BCUT2D eigenvalue weighted by Crippen LogP contribution is -1.99. The van der Waals surface area contributed by atoms with Crippen molar-refractivity contribution in [1.82, 2.24) is 0 Å². The second-order valence-electron chi connectivity index (χ2n) is 3.00. The van der Waals surface area contributed by atoms with Crippen LogP contribution in [0.4, 0.5) is 4.39 Å². The fourth-order valence-corrected chi connectivity index (χ4v) is 2.04. The Balaban J connectivity index is 2.50. The molecule has 1 aromatic rings. The fraction of sp³-hybridized carbons (Fsp3) is 0.400. The molecule has 0 aliphatic carbocycles. The maximum Gasteiger partial charge on any atom is 0.136 e. The zero-order valence-corrected chi connectivity index (χ0v) is 9.04. The summed E-state index contributed by atoms with van der Waals surface area (Å²) in [6.45, 7) is 2.06. The van der Waals surface area contributed by atoms with Crippen molar-refractivity contribution in [2.24, 2.45) is 5.92 Å². The molecule has 1 aromatic carbocycles. The fourth-order valence-electron chi connectivity index (χ4n) is 0.838. The Morgan fingerprint density at radius 2 is 2.15 bits per heavy atom. The van der Waals surface area contributed by atoms with E-state index in [1.807, 2.05) is 6.07 Å². The summed E-state index contributed by atoms with van der Waals surface area (Å²) < 4.78 is 13.1. The summed E-state index contributed by atoms with van der Waals surface area (Å²) in [6, 6.07) is 6.82. The molecule has 1 atom stereocenters. The summed E-state index contributed by atoms with van der Waals surface area (Å²) in [5.74, 6) is 1.77. The Bertz CT molecular complexity index is 265. The number of halogens is 2. The van der Waals surface area contributed by atoms with Crippen LogP contribution in [0.25, 0.3) is 0 Å². The predicted molar refractivity (Wildman–Crippen MR) is 57.0 cm³/mol. The topological polar surface area (TPSA) is 0 Å². The van der Waals surface area contributed by atoms with Gasteiger partial charge in [0.05, 0.1) is 0 Å². The highest BCUT2D eigenvalue weighted by Crippen LogP contribution is 2.23. The molecule has 0 aliphatic rings. The summed E-state index contributed by atoms with van der Waals surface area (Å²) in [7, 11) is 0. The minimum Gasteiger partial charge on any atom is -0.206 e. The first-order chi connectivity index (χ1) is 6.24. The second kappa shape index (κ2) is 5.51. The van der Waals surface area contributed by atoms with Crippen LogP contribution in [0.15, 0.2) is 29.2 Å². The monoisotopic (exact) mass is 218 g/mol. The highest BCUT2D eigenvalue weighted by Gasteiger charge is 2.04. The van der Waals surface area contributed by atoms with Gasteiger partial charge in [-0.1, -0.05) is 19.1 Å². The predicted octanol–water partition coefficient (Wildman–Crippen LogP) is 3.79. The zero-order chi connectivity index (χ0) is 9.68.